The van der Waals surface area contributed by atoms with Gasteiger partial charge in [0, 0.05) is 22.9 Å². The molecule has 1 unspecified atom stereocenters. The molecular weight excluding hydrogens is 326 g/mol. The third-order valence-corrected chi connectivity index (χ3v) is 4.23. The number of alkyl halides is 1. The monoisotopic (exact) mass is 347 g/mol. The Bertz CT molecular complexity index is 404. The lowest BCUT2D eigenvalue weighted by molar-refractivity contribution is 0.260. The van der Waals surface area contributed by atoms with E-state index in [4.69, 9.17) is 16.3 Å². The molecule has 0 spiro atoms. The van der Waals surface area contributed by atoms with Crippen LogP contribution in [0, 0.1) is 5.41 Å². The normalized spacial score (nSPS) is 13.4. The molecule has 0 amide bonds. The van der Waals surface area contributed by atoms with Crippen LogP contribution in [0.25, 0.3) is 0 Å². The van der Waals surface area contributed by atoms with Gasteiger partial charge in [0.2, 0.25) is 0 Å². The number of methoxy groups -OCH3 is 1. The van der Waals surface area contributed by atoms with E-state index in [1.165, 1.54) is 5.56 Å². The summed E-state index contributed by atoms with van der Waals surface area (Å²) in [5, 5.41) is 3.60. The molecule has 1 atom stereocenters. The van der Waals surface area contributed by atoms with Crippen molar-refractivity contribution in [1.29, 1.82) is 0 Å². The molecule has 0 aromatic heterocycles. The molecule has 0 aliphatic rings. The molecule has 0 bridgehead atoms. The minimum Gasteiger partial charge on any atom is -0.497 e. The Kier molecular flexibility index (Phi) is 6.64. The minimum absolute atomic E-state index is 0.195. The summed E-state index contributed by atoms with van der Waals surface area (Å²) in [6, 6.07) is 6.41. The zero-order valence-corrected chi connectivity index (χ0v) is 14.4. The van der Waals surface area contributed by atoms with Gasteiger partial charge in [0.05, 0.1) is 7.11 Å². The van der Waals surface area contributed by atoms with Gasteiger partial charge in [-0.2, -0.15) is 0 Å². The zero-order valence-electron chi connectivity index (χ0n) is 12.1. The fraction of sp³-hybridized carbons (Fsp3) is 0.600. The van der Waals surface area contributed by atoms with Crippen LogP contribution in [-0.4, -0.2) is 19.0 Å². The number of rotatable bonds is 6. The molecule has 1 aromatic carbocycles. The van der Waals surface area contributed by atoms with Gasteiger partial charge in [-0.25, -0.2) is 0 Å². The van der Waals surface area contributed by atoms with E-state index < -0.39 is 0 Å². The molecule has 0 aliphatic carbocycles. The molecular formula is C15H23BrClNO. The maximum Gasteiger partial charge on any atom is 0.119 e. The van der Waals surface area contributed by atoms with Crippen LogP contribution in [0.15, 0.2) is 22.7 Å². The molecule has 108 valence electrons. The van der Waals surface area contributed by atoms with Crippen molar-refractivity contribution in [1.82, 2.24) is 5.32 Å². The van der Waals surface area contributed by atoms with Crippen molar-refractivity contribution in [2.75, 3.05) is 13.0 Å². The number of hydrogen-bond donors (Lipinski definition) is 1. The Morgan fingerprint density at radius 3 is 2.58 bits per heavy atom. The average molecular weight is 349 g/mol. The van der Waals surface area contributed by atoms with Crippen LogP contribution < -0.4 is 10.1 Å². The first kappa shape index (κ1) is 16.8. The van der Waals surface area contributed by atoms with E-state index in [1.54, 1.807) is 7.11 Å². The van der Waals surface area contributed by atoms with Gasteiger partial charge in [0.25, 0.3) is 0 Å². The predicted octanol–water partition coefficient (Wildman–Crippen LogP) is 4.59. The van der Waals surface area contributed by atoms with Gasteiger partial charge < -0.3 is 10.1 Å². The van der Waals surface area contributed by atoms with E-state index in [0.29, 0.717) is 11.9 Å². The minimum atomic E-state index is 0.195. The van der Waals surface area contributed by atoms with Crippen LogP contribution >= 0.6 is 27.5 Å². The number of halogens is 2. The first-order chi connectivity index (χ1) is 8.88. The first-order valence-corrected chi connectivity index (χ1v) is 7.83. The van der Waals surface area contributed by atoms with E-state index in [1.807, 2.05) is 12.1 Å². The van der Waals surface area contributed by atoms with Crippen molar-refractivity contribution in [2.45, 2.75) is 39.8 Å². The third kappa shape index (κ3) is 5.33. The van der Waals surface area contributed by atoms with Crippen LogP contribution in [-0.2, 0) is 6.54 Å². The smallest absolute Gasteiger partial charge is 0.119 e. The topological polar surface area (TPSA) is 21.3 Å². The van der Waals surface area contributed by atoms with Crippen molar-refractivity contribution >= 4 is 27.5 Å². The Hall–Kier alpha value is -0.250. The lowest BCUT2D eigenvalue weighted by Gasteiger charge is -2.31. The molecule has 0 radical (unpaired) electrons. The SMILES string of the molecule is COc1ccc(Br)c(CNC(CCCl)C(C)(C)C)c1. The highest BCUT2D eigenvalue weighted by Crippen LogP contribution is 2.25. The van der Waals surface area contributed by atoms with Crippen molar-refractivity contribution in [3.63, 3.8) is 0 Å². The highest BCUT2D eigenvalue weighted by Gasteiger charge is 2.23. The third-order valence-electron chi connectivity index (χ3n) is 3.23. The van der Waals surface area contributed by atoms with Crippen LogP contribution in [0.2, 0.25) is 0 Å². The van der Waals surface area contributed by atoms with E-state index in [2.05, 4.69) is 48.1 Å². The van der Waals surface area contributed by atoms with Crippen molar-refractivity contribution < 1.29 is 4.74 Å². The Morgan fingerprint density at radius 2 is 2.05 bits per heavy atom. The Morgan fingerprint density at radius 1 is 1.37 bits per heavy atom. The second kappa shape index (κ2) is 7.51. The second-order valence-electron chi connectivity index (χ2n) is 5.73. The van der Waals surface area contributed by atoms with Crippen molar-refractivity contribution in [3.05, 3.63) is 28.2 Å². The lowest BCUT2D eigenvalue weighted by Crippen LogP contribution is -2.40. The van der Waals surface area contributed by atoms with E-state index in [9.17, 15) is 0 Å². The van der Waals surface area contributed by atoms with Crippen molar-refractivity contribution in [2.24, 2.45) is 5.41 Å². The fourth-order valence-electron chi connectivity index (χ4n) is 2.00. The van der Waals surface area contributed by atoms with E-state index >= 15 is 0 Å². The molecule has 0 aliphatic heterocycles. The standard InChI is InChI=1S/C15H23BrClNO/c1-15(2,3)14(7-8-17)18-10-11-9-12(19-4)5-6-13(11)16/h5-6,9,14,18H,7-8,10H2,1-4H3. The maximum atomic E-state index is 5.89. The maximum absolute atomic E-state index is 5.89. The summed E-state index contributed by atoms with van der Waals surface area (Å²) in [6.45, 7) is 7.50. The quantitative estimate of drug-likeness (QED) is 0.759. The van der Waals surface area contributed by atoms with Gasteiger partial charge in [-0.1, -0.05) is 36.7 Å². The molecule has 1 aromatic rings. The summed E-state index contributed by atoms with van der Waals surface area (Å²) in [5.41, 5.74) is 1.39. The van der Waals surface area contributed by atoms with Crippen LogP contribution in [0.5, 0.6) is 5.75 Å². The van der Waals surface area contributed by atoms with E-state index in [-0.39, 0.29) is 5.41 Å². The highest BCUT2D eigenvalue weighted by atomic mass is 79.9. The molecule has 0 heterocycles. The summed E-state index contributed by atoms with van der Waals surface area (Å²) in [5.74, 6) is 1.55. The molecule has 4 heteroatoms. The van der Waals surface area contributed by atoms with Gasteiger partial charge in [0.15, 0.2) is 0 Å². The summed E-state index contributed by atoms with van der Waals surface area (Å²) in [7, 11) is 1.69. The molecule has 1 rings (SSSR count). The van der Waals surface area contributed by atoms with Crippen LogP contribution in [0.3, 0.4) is 0 Å². The van der Waals surface area contributed by atoms with Gasteiger partial charge in [-0.05, 0) is 35.6 Å². The molecule has 19 heavy (non-hydrogen) atoms. The van der Waals surface area contributed by atoms with E-state index in [0.717, 1.165) is 23.2 Å². The molecule has 2 nitrogen and oxygen atoms in total. The summed E-state index contributed by atoms with van der Waals surface area (Å²) >= 11 is 9.47. The second-order valence-corrected chi connectivity index (χ2v) is 6.97. The van der Waals surface area contributed by atoms with Gasteiger partial charge in [-0.3, -0.25) is 0 Å². The summed E-state index contributed by atoms with van der Waals surface area (Å²) < 4.78 is 6.36. The predicted molar refractivity (Wildman–Crippen MR) is 86.1 cm³/mol. The fourth-order valence-corrected chi connectivity index (χ4v) is 2.60. The number of benzene rings is 1. The van der Waals surface area contributed by atoms with Crippen molar-refractivity contribution in [3.8, 4) is 5.75 Å². The average Bonchev–Trinajstić information content (AvgIpc) is 2.34. The van der Waals surface area contributed by atoms with Crippen LogP contribution in [0.4, 0.5) is 0 Å². The van der Waals surface area contributed by atoms with Gasteiger partial charge >= 0.3 is 0 Å². The first-order valence-electron chi connectivity index (χ1n) is 6.50. The number of ether oxygens (including phenoxy) is 1. The number of nitrogens with one attached hydrogen (secondary N) is 1. The summed E-state index contributed by atoms with van der Waals surface area (Å²) in [6.07, 6.45) is 0.965. The molecule has 0 saturated heterocycles. The highest BCUT2D eigenvalue weighted by molar-refractivity contribution is 9.10. The van der Waals surface area contributed by atoms with Gasteiger partial charge in [0.1, 0.15) is 5.75 Å². The Labute approximate surface area is 130 Å². The largest absolute Gasteiger partial charge is 0.497 e. The molecule has 1 N–H and O–H groups in total. The zero-order chi connectivity index (χ0) is 14.5. The lowest BCUT2D eigenvalue weighted by atomic mass is 9.85. The molecule has 0 fully saturated rings. The summed E-state index contributed by atoms with van der Waals surface area (Å²) in [4.78, 5) is 0. The van der Waals surface area contributed by atoms with Crippen LogP contribution in [0.1, 0.15) is 32.8 Å². The molecule has 0 saturated carbocycles. The Balaban J connectivity index is 2.73. The van der Waals surface area contributed by atoms with Gasteiger partial charge in [-0.15, -0.1) is 11.6 Å². The number of hydrogen-bond acceptors (Lipinski definition) is 2.